The molecule has 1 aromatic heterocycles. The van der Waals surface area contributed by atoms with Gasteiger partial charge in [-0.05, 0) is 80.7 Å². The molecule has 262 valence electrons. The van der Waals surface area contributed by atoms with Crippen LogP contribution in [0.15, 0.2) is 42.6 Å². The first-order chi connectivity index (χ1) is 22.5. The zero-order chi connectivity index (χ0) is 35.6. The number of hydrogen-bond acceptors (Lipinski definition) is 7. The minimum Gasteiger partial charge on any atom is -0.492 e. The number of amides is 1. The van der Waals surface area contributed by atoms with E-state index in [-0.39, 0.29) is 18.3 Å². The van der Waals surface area contributed by atoms with E-state index in [9.17, 15) is 35.5 Å². The van der Waals surface area contributed by atoms with Crippen molar-refractivity contribution in [1.29, 1.82) is 0 Å². The van der Waals surface area contributed by atoms with Crippen molar-refractivity contribution in [2.45, 2.75) is 38.5 Å². The Hall–Kier alpha value is -4.87. The van der Waals surface area contributed by atoms with Crippen LogP contribution >= 0.6 is 0 Å². The van der Waals surface area contributed by atoms with Crippen molar-refractivity contribution in [2.75, 3.05) is 38.2 Å². The number of carboxylic acids is 2. The minimum absolute atomic E-state index is 0.174. The van der Waals surface area contributed by atoms with Gasteiger partial charge in [-0.1, -0.05) is 6.07 Å². The monoisotopic (exact) mass is 692 g/mol. The number of fused-ring (bicyclic) bond motifs is 1. The predicted molar refractivity (Wildman–Crippen MR) is 155 cm³/mol. The summed E-state index contributed by atoms with van der Waals surface area (Å²) >= 11 is 0. The number of hydrogen-bond donors (Lipinski definition) is 4. The number of likely N-dealkylation sites (tertiary alicyclic amines) is 1. The van der Waals surface area contributed by atoms with E-state index < -0.39 is 30.2 Å². The van der Waals surface area contributed by atoms with E-state index in [0.29, 0.717) is 35.8 Å². The summed E-state index contributed by atoms with van der Waals surface area (Å²) in [6.45, 7) is 5.81. The van der Waals surface area contributed by atoms with Crippen molar-refractivity contribution in [3.8, 4) is 22.6 Å². The molecule has 4 N–H and O–H groups in total. The molecule has 1 amide bonds. The molecule has 0 saturated carbocycles. The van der Waals surface area contributed by atoms with Crippen LogP contribution < -0.4 is 14.8 Å². The van der Waals surface area contributed by atoms with Crippen LogP contribution in [0.2, 0.25) is 0 Å². The van der Waals surface area contributed by atoms with E-state index in [1.165, 1.54) is 25.0 Å². The van der Waals surface area contributed by atoms with E-state index in [4.69, 9.17) is 29.3 Å². The number of alkyl halides is 6. The van der Waals surface area contributed by atoms with Gasteiger partial charge in [-0.2, -0.15) is 31.4 Å². The van der Waals surface area contributed by atoms with Gasteiger partial charge in [-0.3, -0.25) is 14.8 Å². The van der Waals surface area contributed by atoms with Crippen LogP contribution in [0.3, 0.4) is 0 Å². The highest BCUT2D eigenvalue weighted by Crippen LogP contribution is 2.34. The summed E-state index contributed by atoms with van der Waals surface area (Å²) in [5.74, 6) is -5.18. The Morgan fingerprint density at radius 3 is 2.21 bits per heavy atom. The third-order valence-electron chi connectivity index (χ3n) is 7.03. The fourth-order valence-electron chi connectivity index (χ4n) is 4.61. The number of aromatic amines is 1. The van der Waals surface area contributed by atoms with E-state index in [1.54, 1.807) is 12.3 Å². The Labute approximate surface area is 268 Å². The van der Waals surface area contributed by atoms with Gasteiger partial charge in [-0.15, -0.1) is 0 Å². The number of rotatable bonds is 7. The Bertz CT molecular complexity index is 1550. The van der Waals surface area contributed by atoms with Crippen LogP contribution in [0.4, 0.5) is 36.4 Å². The second-order valence-electron chi connectivity index (χ2n) is 10.6. The van der Waals surface area contributed by atoms with Crippen molar-refractivity contribution in [1.82, 2.24) is 15.1 Å². The second-order valence-corrected chi connectivity index (χ2v) is 10.6. The lowest BCUT2D eigenvalue weighted by Gasteiger charge is -2.25. The smallest absolute Gasteiger partial charge is 0.490 e. The van der Waals surface area contributed by atoms with Crippen molar-refractivity contribution in [2.24, 2.45) is 5.92 Å². The van der Waals surface area contributed by atoms with Crippen molar-refractivity contribution in [3.05, 3.63) is 59.7 Å². The van der Waals surface area contributed by atoms with E-state index in [2.05, 4.69) is 20.4 Å². The van der Waals surface area contributed by atoms with Crippen LogP contribution in [0.25, 0.3) is 11.1 Å². The summed E-state index contributed by atoms with van der Waals surface area (Å²) in [6, 6.07) is 10.2. The summed E-state index contributed by atoms with van der Waals surface area (Å²) in [5.41, 5.74) is 4.23. The van der Waals surface area contributed by atoms with Gasteiger partial charge in [0.15, 0.2) is 0 Å². The molecule has 1 saturated heterocycles. The van der Waals surface area contributed by atoms with Crippen LogP contribution in [-0.2, 0) is 20.8 Å². The van der Waals surface area contributed by atoms with Crippen LogP contribution in [0.5, 0.6) is 11.5 Å². The highest BCUT2D eigenvalue weighted by Gasteiger charge is 2.39. The van der Waals surface area contributed by atoms with Gasteiger partial charge in [0.1, 0.15) is 30.5 Å². The number of nitrogens with one attached hydrogen (secondary N) is 2. The lowest BCUT2D eigenvalue weighted by molar-refractivity contribution is -0.193. The van der Waals surface area contributed by atoms with Gasteiger partial charge in [0, 0.05) is 17.8 Å². The number of aliphatic carboxylic acids is 2. The number of aryl methyl sites for hydroxylation is 1. The number of carbonyl (C=O) groups is 3. The van der Waals surface area contributed by atoms with Crippen molar-refractivity contribution >= 4 is 23.5 Å². The number of ether oxygens (including phenoxy) is 2. The third-order valence-corrected chi connectivity index (χ3v) is 7.03. The van der Waals surface area contributed by atoms with Crippen LogP contribution in [-0.4, -0.2) is 88.4 Å². The lowest BCUT2D eigenvalue weighted by atomic mass is 9.95. The predicted octanol–water partition coefficient (Wildman–Crippen LogP) is 5.46. The quantitative estimate of drug-likeness (QED) is 0.237. The molecule has 1 fully saturated rings. The number of H-pyrrole nitrogens is 1. The standard InChI is InChI=1S/C26H29FN4O3.2C2HF3O2/c1-17-22(15-28-30-17)18-4-6-23(25(14-18)33-11-10-31-8-2-3-9-31)29-26(32)20-12-19-13-21(27)5-7-24(19)34-16-20;2*3-2(4,5)1(6)7/h4-7,13-15,20H,2-3,8-12,16H2,1H3,(H,28,30)(H,29,32);2*(H,6,7). The van der Waals surface area contributed by atoms with E-state index in [1.807, 2.05) is 25.1 Å². The second kappa shape index (κ2) is 16.3. The number of halogens is 7. The van der Waals surface area contributed by atoms with Crippen LogP contribution in [0, 0.1) is 18.7 Å². The summed E-state index contributed by atoms with van der Waals surface area (Å²) in [7, 11) is 0. The van der Waals surface area contributed by atoms with E-state index in [0.717, 1.165) is 36.5 Å². The first-order valence-electron chi connectivity index (χ1n) is 14.3. The highest BCUT2D eigenvalue weighted by molar-refractivity contribution is 5.95. The number of nitrogens with zero attached hydrogens (tertiary/aromatic N) is 2. The maximum absolute atomic E-state index is 13.7. The highest BCUT2D eigenvalue weighted by atomic mass is 19.4. The topological polar surface area (TPSA) is 154 Å². The first kappa shape index (κ1) is 37.6. The summed E-state index contributed by atoms with van der Waals surface area (Å²) in [5, 5.41) is 24.3. The molecule has 0 aliphatic carbocycles. The molecule has 18 heteroatoms. The molecule has 5 rings (SSSR count). The molecule has 0 bridgehead atoms. The number of benzene rings is 2. The molecule has 0 radical (unpaired) electrons. The Balaban J connectivity index is 0.000000376. The lowest BCUT2D eigenvalue weighted by Crippen LogP contribution is -2.32. The van der Waals surface area contributed by atoms with Gasteiger partial charge in [0.25, 0.3) is 0 Å². The SMILES string of the molecule is Cc1[nH]ncc1-c1ccc(NC(=O)C2COc3ccc(F)cc3C2)c(OCCN2CCCC2)c1.O=C(O)C(F)(F)F.O=C(O)C(F)(F)F. The molecule has 2 aromatic carbocycles. The zero-order valence-corrected chi connectivity index (χ0v) is 25.3. The number of anilines is 1. The average Bonchev–Trinajstić information content (AvgIpc) is 3.69. The largest absolute Gasteiger partial charge is 0.492 e. The molecular formula is C30H31F7N4O7. The minimum atomic E-state index is -5.08. The van der Waals surface area contributed by atoms with Gasteiger partial charge in [0.2, 0.25) is 5.91 Å². The van der Waals surface area contributed by atoms with Gasteiger partial charge in [-0.25, -0.2) is 14.0 Å². The Kier molecular flexibility index (Phi) is 12.8. The zero-order valence-electron chi connectivity index (χ0n) is 25.3. The normalized spacial score (nSPS) is 15.9. The van der Waals surface area contributed by atoms with Gasteiger partial charge < -0.3 is 25.0 Å². The molecule has 48 heavy (non-hydrogen) atoms. The average molecular weight is 693 g/mol. The maximum Gasteiger partial charge on any atom is 0.490 e. The molecule has 0 spiro atoms. The van der Waals surface area contributed by atoms with Gasteiger partial charge >= 0.3 is 24.3 Å². The van der Waals surface area contributed by atoms with E-state index >= 15 is 0 Å². The molecule has 2 aliphatic heterocycles. The molecular weight excluding hydrogens is 661 g/mol. The Morgan fingerprint density at radius 1 is 1.02 bits per heavy atom. The fraction of sp³-hybridized carbons (Fsp3) is 0.400. The number of aromatic nitrogens is 2. The fourth-order valence-corrected chi connectivity index (χ4v) is 4.61. The van der Waals surface area contributed by atoms with Crippen molar-refractivity contribution in [3.63, 3.8) is 0 Å². The summed E-state index contributed by atoms with van der Waals surface area (Å²) in [6.07, 6.45) is -5.50. The molecule has 1 unspecified atom stereocenters. The van der Waals surface area contributed by atoms with Gasteiger partial charge in [0.05, 0.1) is 17.8 Å². The van der Waals surface area contributed by atoms with Crippen LogP contribution in [0.1, 0.15) is 24.1 Å². The number of carboxylic acid groups (broad SMARTS) is 2. The molecule has 11 nitrogen and oxygen atoms in total. The van der Waals surface area contributed by atoms with Crippen molar-refractivity contribution < 1.29 is 64.8 Å². The maximum atomic E-state index is 13.7. The number of carbonyl (C=O) groups excluding carboxylic acids is 1. The summed E-state index contributed by atoms with van der Waals surface area (Å²) < 4.78 is 89.0. The Morgan fingerprint density at radius 2 is 1.65 bits per heavy atom. The third kappa shape index (κ3) is 11.1. The summed E-state index contributed by atoms with van der Waals surface area (Å²) in [4.78, 5) is 33.3. The first-order valence-corrected chi connectivity index (χ1v) is 14.3. The molecule has 3 aromatic rings. The molecule has 3 heterocycles. The molecule has 1 atom stereocenters. The molecule has 2 aliphatic rings.